The Morgan fingerprint density at radius 3 is 2.22 bits per heavy atom. The fourth-order valence-corrected chi connectivity index (χ4v) is 4.65. The molecule has 23 heavy (non-hydrogen) atoms. The van der Waals surface area contributed by atoms with E-state index in [1.807, 2.05) is 20.8 Å². The van der Waals surface area contributed by atoms with E-state index >= 15 is 0 Å². The van der Waals surface area contributed by atoms with Crippen LogP contribution in [0.1, 0.15) is 27.2 Å². The van der Waals surface area contributed by atoms with Gasteiger partial charge in [0.2, 0.25) is 15.0 Å². The molecule has 0 aromatic heterocycles. The predicted molar refractivity (Wildman–Crippen MR) is 83.5 cm³/mol. The number of hydrogen-bond donors (Lipinski definition) is 0. The molecule has 9 heteroatoms. The third-order valence-corrected chi connectivity index (χ3v) is 6.55. The lowest BCUT2D eigenvalue weighted by atomic mass is 10.2. The highest BCUT2D eigenvalue weighted by Gasteiger charge is 2.62. The summed E-state index contributed by atoms with van der Waals surface area (Å²) in [7, 11) is 1.65. The van der Waals surface area contributed by atoms with Crippen LogP contribution in [0.5, 0.6) is 0 Å². The average molecular weight is 365 g/mol. The van der Waals surface area contributed by atoms with E-state index < -0.39 is 19.9 Å². The molecular weight excluding hydrogens is 344 g/mol. The number of nitrogens with zero attached hydrogens (tertiary/aromatic N) is 2. The van der Waals surface area contributed by atoms with Crippen LogP contribution in [0.2, 0.25) is 0 Å². The number of hydrogen-bond acceptors (Lipinski definition) is 5. The fourth-order valence-electron chi connectivity index (χ4n) is 3.61. The number of fused-ring (bicyclic) bond motifs is 1. The molecule has 2 saturated heterocycles. The summed E-state index contributed by atoms with van der Waals surface area (Å²) in [6.07, 6.45) is -0.380. The van der Waals surface area contributed by atoms with Gasteiger partial charge in [-0.05, 0) is 20.8 Å². The third-order valence-electron chi connectivity index (χ3n) is 4.68. The van der Waals surface area contributed by atoms with Crippen molar-refractivity contribution >= 4 is 31.7 Å². The van der Waals surface area contributed by atoms with Crippen LogP contribution in [0.3, 0.4) is 0 Å². The van der Waals surface area contributed by atoms with Crippen LogP contribution in [0, 0.1) is 11.8 Å². The Morgan fingerprint density at radius 2 is 1.78 bits per heavy atom. The lowest BCUT2D eigenvalue weighted by molar-refractivity contribution is -0.128. The quantitative estimate of drug-likeness (QED) is 0.683. The predicted octanol–water partition coefficient (Wildman–Crippen LogP) is 1.02. The molecule has 4 atom stereocenters. The van der Waals surface area contributed by atoms with Crippen molar-refractivity contribution in [3.05, 3.63) is 0 Å². The van der Waals surface area contributed by atoms with Gasteiger partial charge < -0.3 is 14.5 Å². The number of halogens is 1. The largest absolute Gasteiger partial charge is 0.444 e. The van der Waals surface area contributed by atoms with Gasteiger partial charge >= 0.3 is 6.09 Å². The average Bonchev–Trinajstić information content (AvgIpc) is 2.74. The first kappa shape index (κ1) is 16.8. The maximum absolute atomic E-state index is 12.0. The number of carbonyl (C=O) groups excluding carboxylic acids is 2. The van der Waals surface area contributed by atoms with Crippen molar-refractivity contribution in [1.82, 2.24) is 9.80 Å². The molecule has 1 aliphatic carbocycles. The van der Waals surface area contributed by atoms with Crippen LogP contribution in [-0.2, 0) is 18.6 Å². The summed E-state index contributed by atoms with van der Waals surface area (Å²) >= 11 is 0. The molecule has 0 spiro atoms. The van der Waals surface area contributed by atoms with Gasteiger partial charge in [-0.2, -0.15) is 0 Å². The Kier molecular flexibility index (Phi) is 3.83. The Bertz CT molecular complexity index is 632. The normalized spacial score (nSPS) is 33.8. The summed E-state index contributed by atoms with van der Waals surface area (Å²) in [6, 6.07) is 0.0320. The standard InChI is InChI=1S/C14H21ClN2O5S/c1-14(2,3)22-13(19)16-6-9-10(7-16)12(9)17-5-8(4-11(17)18)23(15,20)21/h8-10,12H,4-7H2,1-3H3/t8?,9-,10+,12?. The molecule has 2 heterocycles. The first-order chi connectivity index (χ1) is 10.5. The molecule has 3 fully saturated rings. The third kappa shape index (κ3) is 3.28. The van der Waals surface area contributed by atoms with Crippen LogP contribution in [0.25, 0.3) is 0 Å². The molecule has 0 aromatic rings. The minimum Gasteiger partial charge on any atom is -0.444 e. The topological polar surface area (TPSA) is 84.0 Å². The maximum Gasteiger partial charge on any atom is 0.410 e. The molecule has 1 saturated carbocycles. The highest BCUT2D eigenvalue weighted by atomic mass is 35.7. The van der Waals surface area contributed by atoms with Crippen LogP contribution >= 0.6 is 10.7 Å². The van der Waals surface area contributed by atoms with Gasteiger partial charge in [-0.1, -0.05) is 0 Å². The van der Waals surface area contributed by atoms with Gasteiger partial charge in [-0.25, -0.2) is 13.2 Å². The highest BCUT2D eigenvalue weighted by Crippen LogP contribution is 2.50. The fraction of sp³-hybridized carbons (Fsp3) is 0.857. The van der Waals surface area contributed by atoms with Crippen molar-refractivity contribution < 1.29 is 22.7 Å². The molecule has 7 nitrogen and oxygen atoms in total. The Balaban J connectivity index is 1.57. The van der Waals surface area contributed by atoms with E-state index in [0.717, 1.165) is 0 Å². The van der Waals surface area contributed by atoms with Crippen LogP contribution in [0.15, 0.2) is 0 Å². The summed E-state index contributed by atoms with van der Waals surface area (Å²) in [5.74, 6) is 0.258. The van der Waals surface area contributed by atoms with Crippen molar-refractivity contribution in [3.63, 3.8) is 0 Å². The van der Waals surface area contributed by atoms with E-state index in [1.165, 1.54) is 0 Å². The molecule has 3 rings (SSSR count). The molecule has 130 valence electrons. The van der Waals surface area contributed by atoms with E-state index in [9.17, 15) is 18.0 Å². The second-order valence-electron chi connectivity index (χ2n) is 7.55. The molecule has 3 aliphatic rings. The first-order valence-electron chi connectivity index (χ1n) is 7.68. The molecule has 2 aliphatic heterocycles. The van der Waals surface area contributed by atoms with Crippen LogP contribution in [-0.4, -0.2) is 66.7 Å². The zero-order chi connectivity index (χ0) is 17.2. The van der Waals surface area contributed by atoms with Gasteiger partial charge in [0.15, 0.2) is 0 Å². The summed E-state index contributed by atoms with van der Waals surface area (Å²) in [5.41, 5.74) is -0.532. The van der Waals surface area contributed by atoms with Crippen LogP contribution in [0.4, 0.5) is 4.79 Å². The number of amides is 2. The number of likely N-dealkylation sites (tertiary alicyclic amines) is 2. The minimum atomic E-state index is -3.72. The van der Waals surface area contributed by atoms with Gasteiger partial charge in [0.05, 0.1) is 0 Å². The number of carbonyl (C=O) groups is 2. The summed E-state index contributed by atoms with van der Waals surface area (Å²) in [5, 5.41) is -0.819. The Labute approximate surface area is 140 Å². The van der Waals surface area contributed by atoms with Gasteiger partial charge in [0.25, 0.3) is 0 Å². The second kappa shape index (κ2) is 5.24. The van der Waals surface area contributed by atoms with Crippen molar-refractivity contribution in [1.29, 1.82) is 0 Å². The summed E-state index contributed by atoms with van der Waals surface area (Å²) in [4.78, 5) is 27.4. The smallest absolute Gasteiger partial charge is 0.410 e. The molecular formula is C14H21ClN2O5S. The first-order valence-corrected chi connectivity index (χ1v) is 10.1. The highest BCUT2D eigenvalue weighted by molar-refractivity contribution is 8.14. The maximum atomic E-state index is 12.0. The van der Waals surface area contributed by atoms with Crippen LogP contribution < -0.4 is 0 Å². The zero-order valence-corrected chi connectivity index (χ0v) is 14.9. The molecule has 2 unspecified atom stereocenters. The molecule has 0 N–H and O–H groups in total. The molecule has 0 bridgehead atoms. The van der Waals surface area contributed by atoms with Crippen molar-refractivity contribution in [3.8, 4) is 0 Å². The van der Waals surface area contributed by atoms with Crippen molar-refractivity contribution in [2.24, 2.45) is 11.8 Å². The second-order valence-corrected chi connectivity index (χ2v) is 10.5. The summed E-state index contributed by atoms with van der Waals surface area (Å²) < 4.78 is 28.2. The van der Waals surface area contributed by atoms with E-state index in [2.05, 4.69) is 0 Å². The molecule has 0 radical (unpaired) electrons. The van der Waals surface area contributed by atoms with Gasteiger partial charge in [-0.3, -0.25) is 4.79 Å². The zero-order valence-electron chi connectivity index (χ0n) is 13.4. The van der Waals surface area contributed by atoms with E-state index in [1.54, 1.807) is 9.80 Å². The number of ether oxygens (including phenoxy) is 1. The van der Waals surface area contributed by atoms with E-state index in [4.69, 9.17) is 15.4 Å². The van der Waals surface area contributed by atoms with Gasteiger partial charge in [0.1, 0.15) is 10.9 Å². The lowest BCUT2D eigenvalue weighted by Gasteiger charge is -2.27. The van der Waals surface area contributed by atoms with E-state index in [0.29, 0.717) is 13.1 Å². The van der Waals surface area contributed by atoms with Crippen molar-refractivity contribution in [2.75, 3.05) is 19.6 Å². The Hall–Kier alpha value is -1.02. The van der Waals surface area contributed by atoms with Crippen molar-refractivity contribution in [2.45, 2.75) is 44.1 Å². The number of piperidine rings is 1. The number of rotatable bonds is 2. The lowest BCUT2D eigenvalue weighted by Crippen LogP contribution is -2.41. The Morgan fingerprint density at radius 1 is 1.22 bits per heavy atom. The van der Waals surface area contributed by atoms with Gasteiger partial charge in [0, 0.05) is 54.6 Å². The summed E-state index contributed by atoms with van der Waals surface area (Å²) in [6.45, 7) is 6.72. The minimum absolute atomic E-state index is 0.0320. The molecule has 2 amide bonds. The van der Waals surface area contributed by atoms with Gasteiger partial charge in [-0.15, -0.1) is 0 Å². The van der Waals surface area contributed by atoms with E-state index in [-0.39, 0.29) is 42.8 Å². The monoisotopic (exact) mass is 364 g/mol. The molecule has 0 aromatic carbocycles. The SMILES string of the molecule is CC(C)(C)OC(=O)N1C[C@@H]2C(N3CC(S(=O)(=O)Cl)CC3=O)[C@@H]2C1.